The number of anilines is 1. The molecule has 1 aromatic heterocycles. The topological polar surface area (TPSA) is 64.6 Å². The van der Waals surface area contributed by atoms with Gasteiger partial charge in [-0.3, -0.25) is 4.79 Å². The lowest BCUT2D eigenvalue weighted by Crippen LogP contribution is -2.42. The minimum atomic E-state index is -0.809. The van der Waals surface area contributed by atoms with Crippen LogP contribution in [-0.4, -0.2) is 29.1 Å². The second-order valence-corrected chi connectivity index (χ2v) is 7.36. The molecule has 2 aromatic carbocycles. The number of ether oxygens (including phenoxy) is 2. The van der Waals surface area contributed by atoms with Crippen LogP contribution in [0.15, 0.2) is 55.0 Å². The Bertz CT molecular complexity index is 1120. The predicted octanol–water partition coefficient (Wildman–Crippen LogP) is 2.64. The van der Waals surface area contributed by atoms with Gasteiger partial charge in [-0.05, 0) is 29.3 Å². The van der Waals surface area contributed by atoms with Crippen molar-refractivity contribution in [3.63, 3.8) is 0 Å². The van der Waals surface area contributed by atoms with Crippen molar-refractivity contribution in [3.05, 3.63) is 77.4 Å². The molecule has 28 heavy (non-hydrogen) atoms. The van der Waals surface area contributed by atoms with E-state index in [-0.39, 0.29) is 5.91 Å². The normalized spacial score (nSPS) is 21.3. The number of nitrogens with zero attached hydrogens (tertiary/aromatic N) is 3. The van der Waals surface area contributed by atoms with E-state index < -0.39 is 5.41 Å². The third-order valence-corrected chi connectivity index (χ3v) is 5.92. The fourth-order valence-corrected chi connectivity index (χ4v) is 4.58. The summed E-state index contributed by atoms with van der Waals surface area (Å²) in [5.74, 6) is 1.64. The van der Waals surface area contributed by atoms with E-state index in [0.717, 1.165) is 46.0 Å². The SMILES string of the molecule is O=C1N(Cc2ccncn2)c2ccccc2C12COc1cc3c(cc12)CCO3. The van der Waals surface area contributed by atoms with E-state index in [9.17, 15) is 4.79 Å². The van der Waals surface area contributed by atoms with E-state index in [0.29, 0.717) is 19.8 Å². The van der Waals surface area contributed by atoms with Crippen molar-refractivity contribution < 1.29 is 14.3 Å². The molecular formula is C22H17N3O3. The van der Waals surface area contributed by atoms with Crippen molar-refractivity contribution in [2.45, 2.75) is 18.4 Å². The zero-order valence-corrected chi connectivity index (χ0v) is 15.1. The summed E-state index contributed by atoms with van der Waals surface area (Å²) in [5, 5.41) is 0. The first-order valence-electron chi connectivity index (χ1n) is 9.37. The molecule has 0 aliphatic carbocycles. The Kier molecular flexibility index (Phi) is 3.10. The first kappa shape index (κ1) is 15.6. The highest BCUT2D eigenvalue weighted by Gasteiger charge is 2.57. The summed E-state index contributed by atoms with van der Waals surface area (Å²) >= 11 is 0. The van der Waals surface area contributed by atoms with Crippen LogP contribution in [0.5, 0.6) is 11.5 Å². The highest BCUT2D eigenvalue weighted by molar-refractivity contribution is 6.11. The first-order chi connectivity index (χ1) is 13.8. The molecule has 3 aliphatic rings. The number of fused-ring (bicyclic) bond motifs is 5. The Labute approximate surface area is 161 Å². The second-order valence-electron chi connectivity index (χ2n) is 7.36. The van der Waals surface area contributed by atoms with Gasteiger partial charge in [0.25, 0.3) is 0 Å². The van der Waals surface area contributed by atoms with E-state index in [2.05, 4.69) is 16.0 Å². The number of hydrogen-bond donors (Lipinski definition) is 0. The molecule has 6 nitrogen and oxygen atoms in total. The molecule has 0 saturated carbocycles. The molecule has 3 aromatic rings. The van der Waals surface area contributed by atoms with Gasteiger partial charge >= 0.3 is 0 Å². The quantitative estimate of drug-likeness (QED) is 0.693. The Morgan fingerprint density at radius 3 is 2.89 bits per heavy atom. The fraction of sp³-hybridized carbons (Fsp3) is 0.227. The molecule has 3 aliphatic heterocycles. The number of hydrogen-bond acceptors (Lipinski definition) is 5. The van der Waals surface area contributed by atoms with Crippen LogP contribution in [0.25, 0.3) is 0 Å². The van der Waals surface area contributed by atoms with Gasteiger partial charge in [0.05, 0.1) is 18.8 Å². The molecule has 0 bridgehead atoms. The van der Waals surface area contributed by atoms with Crippen molar-refractivity contribution in [1.82, 2.24) is 9.97 Å². The van der Waals surface area contributed by atoms with Gasteiger partial charge in [0, 0.05) is 29.9 Å². The Morgan fingerprint density at radius 2 is 2.00 bits per heavy atom. The molecule has 1 atom stereocenters. The summed E-state index contributed by atoms with van der Waals surface area (Å²) in [6.07, 6.45) is 4.07. The van der Waals surface area contributed by atoms with Crippen LogP contribution < -0.4 is 14.4 Å². The largest absolute Gasteiger partial charge is 0.493 e. The lowest BCUT2D eigenvalue weighted by Gasteiger charge is -2.23. The van der Waals surface area contributed by atoms with Gasteiger partial charge in [-0.15, -0.1) is 0 Å². The van der Waals surface area contributed by atoms with Gasteiger partial charge in [0.1, 0.15) is 29.8 Å². The molecule has 4 heterocycles. The Hall–Kier alpha value is -3.41. The number of rotatable bonds is 2. The Morgan fingerprint density at radius 1 is 1.07 bits per heavy atom. The zero-order chi connectivity index (χ0) is 18.7. The fourth-order valence-electron chi connectivity index (χ4n) is 4.58. The monoisotopic (exact) mass is 371 g/mol. The Balaban J connectivity index is 1.52. The van der Waals surface area contributed by atoms with Crippen molar-refractivity contribution in [2.75, 3.05) is 18.1 Å². The number of benzene rings is 2. The van der Waals surface area contributed by atoms with Gasteiger partial charge in [0.15, 0.2) is 0 Å². The van der Waals surface area contributed by atoms with Crippen LogP contribution in [0, 0.1) is 0 Å². The van der Waals surface area contributed by atoms with E-state index >= 15 is 0 Å². The van der Waals surface area contributed by atoms with Crippen molar-refractivity contribution in [2.24, 2.45) is 0 Å². The molecular weight excluding hydrogens is 354 g/mol. The average Bonchev–Trinajstić information content (AvgIpc) is 3.40. The smallest absolute Gasteiger partial charge is 0.246 e. The highest BCUT2D eigenvalue weighted by atomic mass is 16.5. The summed E-state index contributed by atoms with van der Waals surface area (Å²) in [6, 6.07) is 13.9. The molecule has 0 N–H and O–H groups in total. The maximum Gasteiger partial charge on any atom is 0.246 e. The van der Waals surface area contributed by atoms with Gasteiger partial charge in [-0.2, -0.15) is 0 Å². The number of amides is 1. The van der Waals surface area contributed by atoms with Gasteiger partial charge in [0.2, 0.25) is 5.91 Å². The van der Waals surface area contributed by atoms with Gasteiger partial charge in [-0.1, -0.05) is 18.2 Å². The average molecular weight is 371 g/mol. The molecule has 1 amide bonds. The van der Waals surface area contributed by atoms with Gasteiger partial charge < -0.3 is 14.4 Å². The van der Waals surface area contributed by atoms with E-state index in [4.69, 9.17) is 9.47 Å². The zero-order valence-electron chi connectivity index (χ0n) is 15.1. The summed E-state index contributed by atoms with van der Waals surface area (Å²) < 4.78 is 11.7. The van der Waals surface area contributed by atoms with Crippen LogP contribution in [0.1, 0.15) is 22.4 Å². The minimum Gasteiger partial charge on any atom is -0.493 e. The molecule has 1 unspecified atom stereocenters. The summed E-state index contributed by atoms with van der Waals surface area (Å²) in [4.78, 5) is 23.9. The van der Waals surface area contributed by atoms with Gasteiger partial charge in [-0.25, -0.2) is 9.97 Å². The standard InChI is InChI=1S/C22H17N3O3/c26-21-22(12-28-20-10-19-14(6-8-27-19)9-17(20)22)16-3-1-2-4-18(16)25(21)11-15-5-7-23-13-24-15/h1-5,7,9-10,13H,6,8,11-12H2. The highest BCUT2D eigenvalue weighted by Crippen LogP contribution is 2.54. The van der Waals surface area contributed by atoms with Crippen LogP contribution in [0.3, 0.4) is 0 Å². The maximum atomic E-state index is 13.8. The predicted molar refractivity (Wildman–Crippen MR) is 102 cm³/mol. The lowest BCUT2D eigenvalue weighted by atomic mass is 9.76. The van der Waals surface area contributed by atoms with Crippen LogP contribution in [-0.2, 0) is 23.2 Å². The summed E-state index contributed by atoms with van der Waals surface area (Å²) in [5.41, 5.74) is 3.99. The summed E-state index contributed by atoms with van der Waals surface area (Å²) in [7, 11) is 0. The third kappa shape index (κ3) is 1.94. The molecule has 0 fully saturated rings. The first-order valence-corrected chi connectivity index (χ1v) is 9.37. The molecule has 0 radical (unpaired) electrons. The summed E-state index contributed by atoms with van der Waals surface area (Å²) in [6.45, 7) is 1.39. The third-order valence-electron chi connectivity index (χ3n) is 5.92. The molecule has 138 valence electrons. The maximum absolute atomic E-state index is 13.8. The minimum absolute atomic E-state index is 0.0323. The number of carbonyl (C=O) groups is 1. The number of aromatic nitrogens is 2. The van der Waals surface area contributed by atoms with E-state index in [1.807, 2.05) is 41.3 Å². The lowest BCUT2D eigenvalue weighted by molar-refractivity contribution is -0.122. The second kappa shape index (κ2) is 5.55. The van der Waals surface area contributed by atoms with Crippen molar-refractivity contribution in [1.29, 1.82) is 0 Å². The number of para-hydroxylation sites is 1. The molecule has 6 heteroatoms. The van der Waals surface area contributed by atoms with Crippen molar-refractivity contribution in [3.8, 4) is 11.5 Å². The van der Waals surface area contributed by atoms with Crippen molar-refractivity contribution >= 4 is 11.6 Å². The van der Waals surface area contributed by atoms with Crippen LogP contribution >= 0.6 is 0 Å². The molecule has 1 spiro atoms. The molecule has 0 saturated heterocycles. The van der Waals surface area contributed by atoms with E-state index in [1.165, 1.54) is 6.33 Å². The van der Waals surface area contributed by atoms with Crippen LogP contribution in [0.4, 0.5) is 5.69 Å². The van der Waals surface area contributed by atoms with Crippen LogP contribution in [0.2, 0.25) is 0 Å². The molecule has 6 rings (SSSR count). The number of carbonyl (C=O) groups excluding carboxylic acids is 1. The van der Waals surface area contributed by atoms with E-state index in [1.54, 1.807) is 6.20 Å².